The molecule has 1 N–H and O–H groups in total. The lowest BCUT2D eigenvalue weighted by Crippen LogP contribution is -2.37. The van der Waals surface area contributed by atoms with Gasteiger partial charge in [-0.2, -0.15) is 5.10 Å². The van der Waals surface area contributed by atoms with Crippen LogP contribution in [0, 0.1) is 6.92 Å². The number of aliphatic hydroxyl groups excluding tert-OH is 1. The molecule has 0 aromatic carbocycles. The third kappa shape index (κ3) is 2.87. The van der Waals surface area contributed by atoms with Gasteiger partial charge in [0.1, 0.15) is 5.15 Å². The van der Waals surface area contributed by atoms with E-state index < -0.39 is 0 Å². The lowest BCUT2D eigenvalue weighted by Gasteiger charge is -2.28. The van der Waals surface area contributed by atoms with Crippen LogP contribution in [-0.4, -0.2) is 39.0 Å². The number of hydrogen-bond acceptors (Lipinski definition) is 3. The molecule has 102 valence electrons. The van der Waals surface area contributed by atoms with Crippen LogP contribution in [0.15, 0.2) is 0 Å². The van der Waals surface area contributed by atoms with Gasteiger partial charge in [-0.1, -0.05) is 24.4 Å². The maximum absolute atomic E-state index is 9.51. The Bertz CT molecular complexity index is 405. The minimum Gasteiger partial charge on any atom is -0.395 e. The Hall–Kier alpha value is -0.580. The summed E-state index contributed by atoms with van der Waals surface area (Å²) >= 11 is 6.28. The van der Waals surface area contributed by atoms with E-state index in [9.17, 15) is 5.11 Å². The molecule has 0 bridgehead atoms. The fraction of sp³-hybridized carbons (Fsp3) is 0.769. The summed E-state index contributed by atoms with van der Waals surface area (Å²) in [5.74, 6) is 0. The Morgan fingerprint density at radius 2 is 2.17 bits per heavy atom. The highest BCUT2D eigenvalue weighted by atomic mass is 35.5. The number of halogens is 1. The van der Waals surface area contributed by atoms with Gasteiger partial charge >= 0.3 is 0 Å². The second kappa shape index (κ2) is 6.04. The first kappa shape index (κ1) is 13.8. The number of aryl methyl sites for hydroxylation is 2. The van der Waals surface area contributed by atoms with Gasteiger partial charge in [-0.05, 0) is 26.3 Å². The zero-order valence-electron chi connectivity index (χ0n) is 11.2. The number of rotatable bonds is 3. The number of aliphatic hydroxyl groups is 1. The summed E-state index contributed by atoms with van der Waals surface area (Å²) in [7, 11) is 1.87. The number of nitrogens with zero attached hydrogens (tertiary/aromatic N) is 3. The van der Waals surface area contributed by atoms with Crippen molar-refractivity contribution >= 4 is 11.6 Å². The van der Waals surface area contributed by atoms with Gasteiger partial charge in [0.15, 0.2) is 0 Å². The predicted octanol–water partition coefficient (Wildman–Crippen LogP) is 2.12. The molecule has 1 atom stereocenters. The Balaban J connectivity index is 2.15. The van der Waals surface area contributed by atoms with Crippen molar-refractivity contribution in [2.75, 3.05) is 13.2 Å². The molecule has 0 radical (unpaired) electrons. The molecule has 1 aromatic rings. The van der Waals surface area contributed by atoms with Gasteiger partial charge in [-0.3, -0.25) is 9.58 Å². The molecule has 1 fully saturated rings. The average Bonchev–Trinajstić information content (AvgIpc) is 2.56. The van der Waals surface area contributed by atoms with E-state index in [1.165, 1.54) is 19.3 Å². The van der Waals surface area contributed by atoms with Crippen molar-refractivity contribution in [1.82, 2.24) is 14.7 Å². The summed E-state index contributed by atoms with van der Waals surface area (Å²) in [6.07, 6.45) is 4.75. The maximum Gasteiger partial charge on any atom is 0.131 e. The average molecular weight is 272 g/mol. The van der Waals surface area contributed by atoms with Gasteiger partial charge < -0.3 is 5.11 Å². The highest BCUT2D eigenvalue weighted by Crippen LogP contribution is 2.24. The number of likely N-dealkylation sites (tertiary alicyclic amines) is 1. The molecule has 18 heavy (non-hydrogen) atoms. The Labute approximate surface area is 114 Å². The molecule has 0 saturated carbocycles. The van der Waals surface area contributed by atoms with Crippen LogP contribution >= 0.6 is 11.6 Å². The zero-order valence-corrected chi connectivity index (χ0v) is 11.9. The summed E-state index contributed by atoms with van der Waals surface area (Å²) in [6.45, 7) is 4.06. The maximum atomic E-state index is 9.51. The van der Waals surface area contributed by atoms with Gasteiger partial charge in [0.05, 0.1) is 12.3 Å². The molecule has 1 unspecified atom stereocenters. The highest BCUT2D eigenvalue weighted by Gasteiger charge is 2.23. The summed E-state index contributed by atoms with van der Waals surface area (Å²) in [5, 5.41) is 14.6. The molecule has 4 nitrogen and oxygen atoms in total. The quantitative estimate of drug-likeness (QED) is 0.916. The zero-order chi connectivity index (χ0) is 13.1. The Morgan fingerprint density at radius 3 is 2.78 bits per heavy atom. The van der Waals surface area contributed by atoms with Crippen LogP contribution in [0.3, 0.4) is 0 Å². The third-order valence-electron chi connectivity index (χ3n) is 3.84. The molecule has 1 aliphatic heterocycles. The van der Waals surface area contributed by atoms with Crippen LogP contribution in [0.1, 0.15) is 36.9 Å². The first-order valence-corrected chi connectivity index (χ1v) is 7.04. The van der Waals surface area contributed by atoms with E-state index in [2.05, 4.69) is 10.00 Å². The summed E-state index contributed by atoms with van der Waals surface area (Å²) in [5.41, 5.74) is 2.09. The summed E-state index contributed by atoms with van der Waals surface area (Å²) in [6, 6.07) is 0.267. The van der Waals surface area contributed by atoms with Crippen molar-refractivity contribution in [2.45, 2.75) is 45.2 Å². The van der Waals surface area contributed by atoms with Gasteiger partial charge in [0, 0.05) is 25.2 Å². The fourth-order valence-corrected chi connectivity index (χ4v) is 2.94. The second-order valence-electron chi connectivity index (χ2n) is 5.13. The highest BCUT2D eigenvalue weighted by molar-refractivity contribution is 6.30. The first-order chi connectivity index (χ1) is 8.63. The van der Waals surface area contributed by atoms with Crippen LogP contribution in [0.5, 0.6) is 0 Å². The van der Waals surface area contributed by atoms with Gasteiger partial charge in [0.25, 0.3) is 0 Å². The van der Waals surface area contributed by atoms with Crippen LogP contribution in [0.2, 0.25) is 5.15 Å². The Kier molecular flexibility index (Phi) is 4.65. The number of hydrogen-bond donors (Lipinski definition) is 1. The fourth-order valence-electron chi connectivity index (χ4n) is 2.71. The predicted molar refractivity (Wildman–Crippen MR) is 72.7 cm³/mol. The van der Waals surface area contributed by atoms with E-state index in [0.29, 0.717) is 5.15 Å². The van der Waals surface area contributed by atoms with Crippen molar-refractivity contribution in [1.29, 1.82) is 0 Å². The van der Waals surface area contributed by atoms with Gasteiger partial charge in [-0.15, -0.1) is 0 Å². The molecular formula is C13H22ClN3O. The van der Waals surface area contributed by atoms with E-state index in [-0.39, 0.29) is 12.6 Å². The minimum absolute atomic E-state index is 0.233. The normalized spacial score (nSPS) is 22.1. The largest absolute Gasteiger partial charge is 0.395 e. The smallest absolute Gasteiger partial charge is 0.131 e. The van der Waals surface area contributed by atoms with E-state index in [1.54, 1.807) is 4.68 Å². The monoisotopic (exact) mass is 271 g/mol. The summed E-state index contributed by atoms with van der Waals surface area (Å²) in [4.78, 5) is 2.35. The molecule has 0 spiro atoms. The topological polar surface area (TPSA) is 41.3 Å². The molecule has 1 aliphatic rings. The molecule has 1 saturated heterocycles. The minimum atomic E-state index is 0.233. The van der Waals surface area contributed by atoms with Crippen molar-refractivity contribution < 1.29 is 5.11 Å². The van der Waals surface area contributed by atoms with Crippen molar-refractivity contribution in [3.05, 3.63) is 16.4 Å². The third-order valence-corrected chi connectivity index (χ3v) is 4.31. The van der Waals surface area contributed by atoms with Crippen LogP contribution in [0.25, 0.3) is 0 Å². The van der Waals surface area contributed by atoms with E-state index in [4.69, 9.17) is 11.6 Å². The van der Waals surface area contributed by atoms with Crippen molar-refractivity contribution in [3.8, 4) is 0 Å². The number of aromatic nitrogens is 2. The standard InChI is InChI=1S/C13H22ClN3O/c1-10-12(13(14)16(2)15-10)8-17-7-5-3-4-6-11(17)9-18/h11,18H,3-9H2,1-2H3. The van der Waals surface area contributed by atoms with E-state index >= 15 is 0 Å². The van der Waals surface area contributed by atoms with Crippen LogP contribution in [0.4, 0.5) is 0 Å². The molecule has 1 aromatic heterocycles. The summed E-state index contributed by atoms with van der Waals surface area (Å²) < 4.78 is 1.72. The molecule has 5 heteroatoms. The molecule has 2 heterocycles. The molecule has 0 aliphatic carbocycles. The lowest BCUT2D eigenvalue weighted by molar-refractivity contribution is 0.118. The van der Waals surface area contributed by atoms with E-state index in [1.807, 2.05) is 14.0 Å². The molecule has 2 rings (SSSR count). The lowest BCUT2D eigenvalue weighted by atomic mass is 10.1. The van der Waals surface area contributed by atoms with Gasteiger partial charge in [0.2, 0.25) is 0 Å². The SMILES string of the molecule is Cc1nn(C)c(Cl)c1CN1CCCCCC1CO. The van der Waals surface area contributed by atoms with Gasteiger partial charge in [-0.25, -0.2) is 0 Å². The molecule has 0 amide bonds. The van der Waals surface area contributed by atoms with Crippen LogP contribution in [-0.2, 0) is 13.6 Å². The van der Waals surface area contributed by atoms with Crippen LogP contribution < -0.4 is 0 Å². The molecular weight excluding hydrogens is 250 g/mol. The second-order valence-corrected chi connectivity index (χ2v) is 5.49. The van der Waals surface area contributed by atoms with E-state index in [0.717, 1.165) is 30.8 Å². The van der Waals surface area contributed by atoms with Crippen molar-refractivity contribution in [3.63, 3.8) is 0 Å². The van der Waals surface area contributed by atoms with Crippen molar-refractivity contribution in [2.24, 2.45) is 7.05 Å². The Morgan fingerprint density at radius 1 is 1.39 bits per heavy atom. The first-order valence-electron chi connectivity index (χ1n) is 6.66.